The van der Waals surface area contributed by atoms with E-state index in [-0.39, 0.29) is 11.9 Å². The van der Waals surface area contributed by atoms with Crippen LogP contribution in [0.15, 0.2) is 48.5 Å². The lowest BCUT2D eigenvalue weighted by Gasteiger charge is -2.35. The zero-order valence-corrected chi connectivity index (χ0v) is 12.3. The number of rotatable bonds is 3. The molecule has 1 aliphatic rings. The largest absolute Gasteiger partial charge is 0.314 e. The average Bonchev–Trinajstić information content (AvgIpc) is 2.52. The van der Waals surface area contributed by atoms with Crippen molar-refractivity contribution in [2.24, 2.45) is 0 Å². The predicted octanol–water partition coefficient (Wildman–Crippen LogP) is 3.13. The van der Waals surface area contributed by atoms with Gasteiger partial charge < -0.3 is 5.32 Å². The maximum Gasteiger partial charge on any atom is 0.123 e. The SMILES string of the molecule is Cc1ccc(C(c2ccc(F)cc2)N2CCNCC2)cc1. The predicted molar refractivity (Wildman–Crippen MR) is 83.9 cm³/mol. The summed E-state index contributed by atoms with van der Waals surface area (Å²) < 4.78 is 13.2. The van der Waals surface area contributed by atoms with E-state index in [0.717, 1.165) is 31.7 Å². The Hall–Kier alpha value is -1.71. The molecular formula is C18H21FN2. The molecule has 2 aromatic rings. The van der Waals surface area contributed by atoms with Gasteiger partial charge in [-0.2, -0.15) is 0 Å². The Balaban J connectivity index is 1.97. The molecule has 0 spiro atoms. The summed E-state index contributed by atoms with van der Waals surface area (Å²) in [6, 6.07) is 15.8. The normalized spacial score (nSPS) is 17.6. The van der Waals surface area contributed by atoms with Crippen LogP contribution in [0.3, 0.4) is 0 Å². The fraction of sp³-hybridized carbons (Fsp3) is 0.333. The quantitative estimate of drug-likeness (QED) is 0.931. The molecule has 0 radical (unpaired) electrons. The van der Waals surface area contributed by atoms with Gasteiger partial charge in [0.15, 0.2) is 0 Å². The van der Waals surface area contributed by atoms with Gasteiger partial charge in [-0.25, -0.2) is 4.39 Å². The fourth-order valence-corrected chi connectivity index (χ4v) is 2.95. The van der Waals surface area contributed by atoms with E-state index >= 15 is 0 Å². The standard InChI is InChI=1S/C18H21FN2/c1-14-2-4-15(5-3-14)18(21-12-10-20-11-13-21)16-6-8-17(19)9-7-16/h2-9,18,20H,10-13H2,1H3. The van der Waals surface area contributed by atoms with E-state index < -0.39 is 0 Å². The van der Waals surface area contributed by atoms with Gasteiger partial charge in [-0.1, -0.05) is 42.0 Å². The van der Waals surface area contributed by atoms with Crippen molar-refractivity contribution in [3.05, 3.63) is 71.0 Å². The zero-order chi connectivity index (χ0) is 14.7. The minimum Gasteiger partial charge on any atom is -0.314 e. The highest BCUT2D eigenvalue weighted by atomic mass is 19.1. The van der Waals surface area contributed by atoms with Crippen molar-refractivity contribution in [1.29, 1.82) is 0 Å². The van der Waals surface area contributed by atoms with Crippen molar-refractivity contribution in [3.8, 4) is 0 Å². The summed E-state index contributed by atoms with van der Waals surface area (Å²) in [5, 5.41) is 3.39. The van der Waals surface area contributed by atoms with Gasteiger partial charge >= 0.3 is 0 Å². The summed E-state index contributed by atoms with van der Waals surface area (Å²) in [5.74, 6) is -0.179. The van der Waals surface area contributed by atoms with Crippen LogP contribution < -0.4 is 5.32 Å². The van der Waals surface area contributed by atoms with Crippen molar-refractivity contribution in [1.82, 2.24) is 10.2 Å². The van der Waals surface area contributed by atoms with Gasteiger partial charge in [-0.15, -0.1) is 0 Å². The van der Waals surface area contributed by atoms with Crippen molar-refractivity contribution < 1.29 is 4.39 Å². The van der Waals surface area contributed by atoms with Crippen LogP contribution in [0.4, 0.5) is 4.39 Å². The minimum absolute atomic E-state index is 0.179. The van der Waals surface area contributed by atoms with Crippen LogP contribution >= 0.6 is 0 Å². The van der Waals surface area contributed by atoms with Gasteiger partial charge in [0.1, 0.15) is 5.82 Å². The van der Waals surface area contributed by atoms with Gasteiger partial charge in [0, 0.05) is 26.2 Å². The first-order chi connectivity index (χ1) is 10.2. The second-order valence-corrected chi connectivity index (χ2v) is 5.65. The number of nitrogens with zero attached hydrogens (tertiary/aromatic N) is 1. The van der Waals surface area contributed by atoms with Crippen LogP contribution in [0.5, 0.6) is 0 Å². The third kappa shape index (κ3) is 3.31. The van der Waals surface area contributed by atoms with Gasteiger partial charge in [-0.3, -0.25) is 4.90 Å². The van der Waals surface area contributed by atoms with E-state index in [2.05, 4.69) is 41.4 Å². The second-order valence-electron chi connectivity index (χ2n) is 5.65. The van der Waals surface area contributed by atoms with Crippen LogP contribution in [0.1, 0.15) is 22.7 Å². The van der Waals surface area contributed by atoms with E-state index in [1.807, 2.05) is 12.1 Å². The molecule has 1 heterocycles. The molecule has 3 rings (SSSR count). The van der Waals surface area contributed by atoms with Gasteiger partial charge in [0.2, 0.25) is 0 Å². The zero-order valence-electron chi connectivity index (χ0n) is 12.3. The van der Waals surface area contributed by atoms with Crippen LogP contribution in [0, 0.1) is 12.7 Å². The molecule has 21 heavy (non-hydrogen) atoms. The Morgan fingerprint density at radius 2 is 1.43 bits per heavy atom. The summed E-state index contributed by atoms with van der Waals surface area (Å²) in [5.41, 5.74) is 3.69. The second kappa shape index (κ2) is 6.37. The molecule has 110 valence electrons. The molecule has 0 aliphatic carbocycles. The molecule has 1 unspecified atom stereocenters. The van der Waals surface area contributed by atoms with E-state index in [4.69, 9.17) is 0 Å². The molecular weight excluding hydrogens is 263 g/mol. The lowest BCUT2D eigenvalue weighted by atomic mass is 9.95. The monoisotopic (exact) mass is 284 g/mol. The lowest BCUT2D eigenvalue weighted by Crippen LogP contribution is -2.45. The van der Waals surface area contributed by atoms with Crippen LogP contribution in [-0.4, -0.2) is 31.1 Å². The van der Waals surface area contributed by atoms with Gasteiger partial charge in [0.25, 0.3) is 0 Å². The molecule has 1 fully saturated rings. The topological polar surface area (TPSA) is 15.3 Å². The first-order valence-electron chi connectivity index (χ1n) is 7.51. The lowest BCUT2D eigenvalue weighted by molar-refractivity contribution is 0.198. The van der Waals surface area contributed by atoms with Crippen molar-refractivity contribution in [2.75, 3.05) is 26.2 Å². The Kier molecular flexibility index (Phi) is 4.32. The minimum atomic E-state index is -0.179. The first-order valence-corrected chi connectivity index (χ1v) is 7.51. The number of halogens is 1. The van der Waals surface area contributed by atoms with Gasteiger partial charge in [-0.05, 0) is 30.2 Å². The van der Waals surface area contributed by atoms with Crippen molar-refractivity contribution in [3.63, 3.8) is 0 Å². The molecule has 0 aromatic heterocycles. The Morgan fingerprint density at radius 3 is 2.00 bits per heavy atom. The molecule has 2 nitrogen and oxygen atoms in total. The number of aryl methyl sites for hydroxylation is 1. The maximum atomic E-state index is 13.2. The highest BCUT2D eigenvalue weighted by Crippen LogP contribution is 2.29. The molecule has 0 saturated carbocycles. The smallest absolute Gasteiger partial charge is 0.123 e. The Labute approximate surface area is 125 Å². The molecule has 1 aliphatic heterocycles. The number of hydrogen-bond donors (Lipinski definition) is 1. The molecule has 2 aromatic carbocycles. The number of piperazine rings is 1. The van der Waals surface area contributed by atoms with Crippen LogP contribution in [0.2, 0.25) is 0 Å². The number of benzene rings is 2. The highest BCUT2D eigenvalue weighted by molar-refractivity contribution is 5.33. The fourth-order valence-electron chi connectivity index (χ4n) is 2.95. The third-order valence-electron chi connectivity index (χ3n) is 4.10. The molecule has 3 heteroatoms. The molecule has 1 saturated heterocycles. The molecule has 0 amide bonds. The highest BCUT2D eigenvalue weighted by Gasteiger charge is 2.23. The maximum absolute atomic E-state index is 13.2. The van der Waals surface area contributed by atoms with E-state index in [1.165, 1.54) is 11.1 Å². The summed E-state index contributed by atoms with van der Waals surface area (Å²) in [7, 11) is 0. The first kappa shape index (κ1) is 14.2. The van der Waals surface area contributed by atoms with Gasteiger partial charge in [0.05, 0.1) is 6.04 Å². The van der Waals surface area contributed by atoms with E-state index in [1.54, 1.807) is 12.1 Å². The number of hydrogen-bond acceptors (Lipinski definition) is 2. The summed E-state index contributed by atoms with van der Waals surface area (Å²) >= 11 is 0. The third-order valence-corrected chi connectivity index (χ3v) is 4.10. The molecule has 0 bridgehead atoms. The summed E-state index contributed by atoms with van der Waals surface area (Å²) in [6.07, 6.45) is 0. The van der Waals surface area contributed by atoms with Crippen molar-refractivity contribution in [2.45, 2.75) is 13.0 Å². The van der Waals surface area contributed by atoms with E-state index in [9.17, 15) is 4.39 Å². The molecule has 1 atom stereocenters. The molecule has 1 N–H and O–H groups in total. The van der Waals surface area contributed by atoms with Crippen LogP contribution in [0.25, 0.3) is 0 Å². The Morgan fingerprint density at radius 1 is 0.905 bits per heavy atom. The Bertz CT molecular complexity index is 526. The van der Waals surface area contributed by atoms with Crippen LogP contribution in [-0.2, 0) is 0 Å². The summed E-state index contributed by atoms with van der Waals surface area (Å²) in [4.78, 5) is 2.47. The van der Waals surface area contributed by atoms with Crippen molar-refractivity contribution >= 4 is 0 Å². The summed E-state index contributed by atoms with van der Waals surface area (Å²) in [6.45, 7) is 6.13. The number of nitrogens with one attached hydrogen (secondary N) is 1. The average molecular weight is 284 g/mol. The van der Waals surface area contributed by atoms with E-state index in [0.29, 0.717) is 0 Å².